The number of nitrogens with zero attached hydrogens (tertiary/aromatic N) is 1. The highest BCUT2D eigenvalue weighted by Gasteiger charge is 2.27. The van der Waals surface area contributed by atoms with E-state index in [9.17, 15) is 4.57 Å². The standard InChI is InChI=1S/C7H14NO4P/c1-4-10-13(9,11-5-2)12-7(3)6-8/h7H,4-5H2,1-3H3/t7-/m0/s1. The minimum atomic E-state index is -3.51. The molecule has 0 aromatic carbocycles. The fourth-order valence-corrected chi connectivity index (χ4v) is 1.89. The summed E-state index contributed by atoms with van der Waals surface area (Å²) in [5.74, 6) is 0. The van der Waals surface area contributed by atoms with E-state index >= 15 is 0 Å². The maximum Gasteiger partial charge on any atom is 0.476 e. The predicted molar refractivity (Wildman–Crippen MR) is 47.0 cm³/mol. The Morgan fingerprint density at radius 2 is 1.85 bits per heavy atom. The van der Waals surface area contributed by atoms with Crippen molar-refractivity contribution in [2.75, 3.05) is 13.2 Å². The third-order valence-electron chi connectivity index (χ3n) is 1.04. The third kappa shape index (κ3) is 5.02. The molecule has 0 bridgehead atoms. The van der Waals surface area contributed by atoms with E-state index in [-0.39, 0.29) is 13.2 Å². The van der Waals surface area contributed by atoms with Crippen LogP contribution in [0.15, 0.2) is 0 Å². The van der Waals surface area contributed by atoms with Crippen molar-refractivity contribution < 1.29 is 18.1 Å². The zero-order chi connectivity index (χ0) is 10.3. The first-order valence-corrected chi connectivity index (χ1v) is 5.51. The Hall–Kier alpha value is -0.400. The molecule has 0 aliphatic heterocycles. The maximum atomic E-state index is 11.6. The summed E-state index contributed by atoms with van der Waals surface area (Å²) in [6, 6.07) is 1.78. The van der Waals surface area contributed by atoms with Gasteiger partial charge in [0, 0.05) is 0 Å². The molecule has 0 heterocycles. The van der Waals surface area contributed by atoms with Crippen LogP contribution in [0.5, 0.6) is 0 Å². The molecule has 0 aliphatic carbocycles. The molecule has 0 radical (unpaired) electrons. The molecule has 5 nitrogen and oxygen atoms in total. The van der Waals surface area contributed by atoms with Crippen molar-refractivity contribution in [2.45, 2.75) is 26.9 Å². The first kappa shape index (κ1) is 12.6. The minimum Gasteiger partial charge on any atom is -0.287 e. The van der Waals surface area contributed by atoms with Crippen molar-refractivity contribution in [2.24, 2.45) is 0 Å². The van der Waals surface area contributed by atoms with Crippen LogP contribution in [-0.4, -0.2) is 19.3 Å². The Balaban J connectivity index is 4.25. The summed E-state index contributed by atoms with van der Waals surface area (Å²) in [6.07, 6.45) is -0.802. The molecule has 0 aromatic rings. The molecule has 13 heavy (non-hydrogen) atoms. The normalized spacial score (nSPS) is 13.7. The molecule has 0 amide bonds. The molecule has 6 heteroatoms. The zero-order valence-corrected chi connectivity index (χ0v) is 8.91. The Kier molecular flexibility index (Phi) is 5.93. The quantitative estimate of drug-likeness (QED) is 0.624. The lowest BCUT2D eigenvalue weighted by molar-refractivity contribution is 0.108. The summed E-state index contributed by atoms with van der Waals surface area (Å²) in [4.78, 5) is 0. The average molecular weight is 207 g/mol. The van der Waals surface area contributed by atoms with Crippen molar-refractivity contribution in [1.82, 2.24) is 0 Å². The van der Waals surface area contributed by atoms with Crippen molar-refractivity contribution in [1.29, 1.82) is 5.26 Å². The van der Waals surface area contributed by atoms with Gasteiger partial charge >= 0.3 is 7.82 Å². The molecule has 0 N–H and O–H groups in total. The first-order valence-electron chi connectivity index (χ1n) is 4.05. The third-order valence-corrected chi connectivity index (χ3v) is 2.77. The summed E-state index contributed by atoms with van der Waals surface area (Å²) < 4.78 is 26.0. The van der Waals surface area contributed by atoms with Gasteiger partial charge in [0.25, 0.3) is 0 Å². The number of rotatable bonds is 6. The lowest BCUT2D eigenvalue weighted by Crippen LogP contribution is -2.07. The van der Waals surface area contributed by atoms with Crippen molar-refractivity contribution in [3.05, 3.63) is 0 Å². The van der Waals surface area contributed by atoms with Gasteiger partial charge in [-0.05, 0) is 20.8 Å². The van der Waals surface area contributed by atoms with E-state index in [0.29, 0.717) is 0 Å². The van der Waals surface area contributed by atoms with Crippen molar-refractivity contribution in [3.8, 4) is 6.07 Å². The number of phosphoric acid groups is 1. The number of hydrogen-bond acceptors (Lipinski definition) is 5. The van der Waals surface area contributed by atoms with Crippen LogP contribution < -0.4 is 0 Å². The molecule has 0 saturated carbocycles. The highest BCUT2D eigenvalue weighted by molar-refractivity contribution is 7.48. The Labute approximate surface area is 78.2 Å². The second-order valence-electron chi connectivity index (χ2n) is 2.16. The van der Waals surface area contributed by atoms with E-state index in [4.69, 9.17) is 18.8 Å². The fourth-order valence-electron chi connectivity index (χ4n) is 0.632. The molecule has 0 aromatic heterocycles. The highest BCUT2D eigenvalue weighted by atomic mass is 31.2. The van der Waals surface area contributed by atoms with Gasteiger partial charge in [-0.3, -0.25) is 13.6 Å². The van der Waals surface area contributed by atoms with Gasteiger partial charge in [0.05, 0.1) is 19.3 Å². The summed E-state index contributed by atoms with van der Waals surface area (Å²) in [7, 11) is -3.51. The number of hydrogen-bond donors (Lipinski definition) is 0. The fraction of sp³-hybridized carbons (Fsp3) is 0.857. The Bertz CT molecular complexity index is 215. The molecular weight excluding hydrogens is 193 g/mol. The highest BCUT2D eigenvalue weighted by Crippen LogP contribution is 2.50. The van der Waals surface area contributed by atoms with Crippen LogP contribution in [0, 0.1) is 11.3 Å². The van der Waals surface area contributed by atoms with E-state index in [1.165, 1.54) is 6.92 Å². The zero-order valence-electron chi connectivity index (χ0n) is 8.02. The van der Waals surface area contributed by atoms with E-state index in [1.807, 2.05) is 0 Å². The first-order chi connectivity index (χ1) is 6.08. The lowest BCUT2D eigenvalue weighted by Gasteiger charge is -2.16. The van der Waals surface area contributed by atoms with Crippen LogP contribution in [0.4, 0.5) is 0 Å². The summed E-state index contributed by atoms with van der Waals surface area (Å²) in [6.45, 7) is 5.26. The second kappa shape index (κ2) is 6.11. The van der Waals surface area contributed by atoms with E-state index in [2.05, 4.69) is 0 Å². The lowest BCUT2D eigenvalue weighted by atomic mass is 10.5. The molecule has 0 rings (SSSR count). The smallest absolute Gasteiger partial charge is 0.287 e. The molecule has 0 saturated heterocycles. The van der Waals surface area contributed by atoms with Crippen molar-refractivity contribution >= 4 is 7.82 Å². The Morgan fingerprint density at radius 3 is 2.15 bits per heavy atom. The number of phosphoric ester groups is 1. The van der Waals surface area contributed by atoms with Crippen LogP contribution in [0.1, 0.15) is 20.8 Å². The number of nitriles is 1. The van der Waals surface area contributed by atoms with Crippen LogP contribution in [0.2, 0.25) is 0 Å². The van der Waals surface area contributed by atoms with Gasteiger partial charge in [-0.15, -0.1) is 0 Å². The average Bonchev–Trinajstić information content (AvgIpc) is 2.04. The second-order valence-corrected chi connectivity index (χ2v) is 3.78. The summed E-state index contributed by atoms with van der Waals surface area (Å²) in [5.41, 5.74) is 0. The molecular formula is C7H14NO4P. The molecule has 0 spiro atoms. The van der Waals surface area contributed by atoms with Gasteiger partial charge < -0.3 is 0 Å². The van der Waals surface area contributed by atoms with Crippen molar-refractivity contribution in [3.63, 3.8) is 0 Å². The van der Waals surface area contributed by atoms with Crippen LogP contribution in [0.25, 0.3) is 0 Å². The Morgan fingerprint density at radius 1 is 1.38 bits per heavy atom. The largest absolute Gasteiger partial charge is 0.476 e. The molecule has 1 atom stereocenters. The van der Waals surface area contributed by atoms with Gasteiger partial charge in [-0.1, -0.05) is 0 Å². The molecule has 76 valence electrons. The maximum absolute atomic E-state index is 11.6. The minimum absolute atomic E-state index is 0.218. The predicted octanol–water partition coefficient (Wildman–Crippen LogP) is 2.10. The molecule has 0 aliphatic rings. The van der Waals surface area contributed by atoms with E-state index in [1.54, 1.807) is 19.9 Å². The van der Waals surface area contributed by atoms with Crippen LogP contribution >= 0.6 is 7.82 Å². The van der Waals surface area contributed by atoms with Gasteiger partial charge in [-0.25, -0.2) is 4.57 Å². The van der Waals surface area contributed by atoms with Gasteiger partial charge in [0.2, 0.25) is 0 Å². The monoisotopic (exact) mass is 207 g/mol. The van der Waals surface area contributed by atoms with Crippen LogP contribution in [0.3, 0.4) is 0 Å². The molecule has 0 unspecified atom stereocenters. The van der Waals surface area contributed by atoms with Gasteiger partial charge in [0.15, 0.2) is 6.10 Å². The topological polar surface area (TPSA) is 68.6 Å². The van der Waals surface area contributed by atoms with E-state index in [0.717, 1.165) is 0 Å². The van der Waals surface area contributed by atoms with E-state index < -0.39 is 13.9 Å². The SMILES string of the molecule is CCOP(=O)(OCC)O[C@@H](C)C#N. The summed E-state index contributed by atoms with van der Waals surface area (Å²) >= 11 is 0. The summed E-state index contributed by atoms with van der Waals surface area (Å²) in [5, 5.41) is 8.43. The van der Waals surface area contributed by atoms with Gasteiger partial charge in [0.1, 0.15) is 0 Å². The van der Waals surface area contributed by atoms with Crippen LogP contribution in [-0.2, 0) is 18.1 Å². The molecule has 0 fully saturated rings. The van der Waals surface area contributed by atoms with Gasteiger partial charge in [-0.2, -0.15) is 5.26 Å².